The van der Waals surface area contributed by atoms with Gasteiger partial charge in [0.25, 0.3) is 0 Å². The van der Waals surface area contributed by atoms with Crippen LogP contribution in [0, 0.1) is 10.3 Å². The Kier molecular flexibility index (Phi) is 6.68. The first-order valence-electron chi connectivity index (χ1n) is 5.94. The average molecular weight is 269 g/mol. The molecule has 0 amide bonds. The van der Waals surface area contributed by atoms with Gasteiger partial charge in [-0.1, -0.05) is 30.3 Å². The molecule has 2 atom stereocenters. The molecule has 0 bridgehead atoms. The molecule has 0 fully saturated rings. The van der Waals surface area contributed by atoms with Crippen molar-refractivity contribution in [2.75, 3.05) is 0 Å². The van der Waals surface area contributed by atoms with Crippen LogP contribution in [0.15, 0.2) is 29.0 Å². The molecule has 0 saturated heterocycles. The van der Waals surface area contributed by atoms with E-state index in [4.69, 9.17) is 10.2 Å². The van der Waals surface area contributed by atoms with E-state index in [1.807, 2.05) is 6.92 Å². The number of hydrogen-bond donors (Lipinski definition) is 2. The Bertz CT molecular complexity index is 413. The molecule has 1 rings (SSSR count). The Morgan fingerprint density at radius 2 is 2.05 bits per heavy atom. The molecule has 6 nitrogen and oxygen atoms in total. The third-order valence-corrected chi connectivity index (χ3v) is 2.85. The monoisotopic (exact) mass is 269 g/mol. The van der Waals surface area contributed by atoms with Crippen molar-refractivity contribution in [1.29, 1.82) is 0 Å². The van der Waals surface area contributed by atoms with Crippen molar-refractivity contribution in [3.63, 3.8) is 0 Å². The lowest BCUT2D eigenvalue weighted by Gasteiger charge is -2.23. The molecule has 1 aliphatic rings. The molecule has 6 heteroatoms. The van der Waals surface area contributed by atoms with Gasteiger partial charge in [0.1, 0.15) is 0 Å². The van der Waals surface area contributed by atoms with Gasteiger partial charge in [0, 0.05) is 5.57 Å². The standard InChI is InChI=1S/C9H10O4.C4H9NO/c1-9(8(12)13)4-2-3-6(5-9)7(10)11;1-3-4(2)5-6/h2-4H,5H2,1H3,(H,10,11)(H,12,13);4H,3H2,1-2H3. The van der Waals surface area contributed by atoms with E-state index in [9.17, 15) is 14.5 Å². The smallest absolute Gasteiger partial charge is 0.331 e. The van der Waals surface area contributed by atoms with Gasteiger partial charge in [-0.25, -0.2) is 4.79 Å². The lowest BCUT2D eigenvalue weighted by Crippen LogP contribution is -2.28. The van der Waals surface area contributed by atoms with Crippen LogP contribution in [0.4, 0.5) is 0 Å². The fourth-order valence-electron chi connectivity index (χ4n) is 1.26. The number of nitroso groups, excluding NO2 is 1. The Hall–Kier alpha value is -1.98. The quantitative estimate of drug-likeness (QED) is 0.763. The van der Waals surface area contributed by atoms with Gasteiger partial charge in [0.2, 0.25) is 0 Å². The summed E-state index contributed by atoms with van der Waals surface area (Å²) in [5, 5.41) is 20.2. The number of carboxylic acid groups (broad SMARTS) is 2. The van der Waals surface area contributed by atoms with Crippen molar-refractivity contribution in [2.45, 2.75) is 39.7 Å². The van der Waals surface area contributed by atoms with Crippen LogP contribution >= 0.6 is 0 Å². The van der Waals surface area contributed by atoms with Crippen molar-refractivity contribution in [3.8, 4) is 0 Å². The topological polar surface area (TPSA) is 104 Å². The van der Waals surface area contributed by atoms with Crippen LogP contribution in [0.3, 0.4) is 0 Å². The largest absolute Gasteiger partial charge is 0.481 e. The van der Waals surface area contributed by atoms with Crippen molar-refractivity contribution in [1.82, 2.24) is 0 Å². The third-order valence-electron chi connectivity index (χ3n) is 2.85. The minimum Gasteiger partial charge on any atom is -0.481 e. The zero-order chi connectivity index (χ0) is 15.1. The van der Waals surface area contributed by atoms with Gasteiger partial charge >= 0.3 is 11.9 Å². The second kappa shape index (κ2) is 7.45. The Morgan fingerprint density at radius 1 is 1.47 bits per heavy atom. The molecular weight excluding hydrogens is 250 g/mol. The van der Waals surface area contributed by atoms with E-state index in [0.717, 1.165) is 6.42 Å². The maximum absolute atomic E-state index is 10.8. The maximum atomic E-state index is 10.8. The summed E-state index contributed by atoms with van der Waals surface area (Å²) in [6.07, 6.45) is 5.29. The highest BCUT2D eigenvalue weighted by molar-refractivity contribution is 5.90. The van der Waals surface area contributed by atoms with Gasteiger partial charge in [-0.3, -0.25) is 4.79 Å². The fourth-order valence-corrected chi connectivity index (χ4v) is 1.26. The van der Waals surface area contributed by atoms with E-state index in [0.29, 0.717) is 0 Å². The molecule has 0 saturated carbocycles. The number of nitrogens with zero attached hydrogens (tertiary/aromatic N) is 1. The molecule has 0 aromatic rings. The molecule has 2 N–H and O–H groups in total. The van der Waals surface area contributed by atoms with Crippen LogP contribution in [-0.4, -0.2) is 28.2 Å². The van der Waals surface area contributed by atoms with Crippen LogP contribution in [0.25, 0.3) is 0 Å². The zero-order valence-electron chi connectivity index (χ0n) is 11.3. The third kappa shape index (κ3) is 5.46. The lowest BCUT2D eigenvalue weighted by molar-refractivity contribution is -0.145. The molecule has 106 valence electrons. The molecule has 0 aliphatic heterocycles. The minimum atomic E-state index is -1.08. The SMILES string of the molecule is CC1(C(=O)O)C=CC=C(C(=O)O)C1.CCC(C)N=O. The van der Waals surface area contributed by atoms with E-state index in [1.54, 1.807) is 6.92 Å². The van der Waals surface area contributed by atoms with Gasteiger partial charge in [0.05, 0.1) is 11.5 Å². The van der Waals surface area contributed by atoms with Gasteiger partial charge in [-0.15, -0.1) is 0 Å². The predicted octanol–water partition coefficient (Wildman–Crippen LogP) is 2.60. The van der Waals surface area contributed by atoms with E-state index >= 15 is 0 Å². The summed E-state index contributed by atoms with van der Waals surface area (Å²) in [7, 11) is 0. The second-order valence-electron chi connectivity index (χ2n) is 4.62. The van der Waals surface area contributed by atoms with Crippen LogP contribution in [0.5, 0.6) is 0 Å². The summed E-state index contributed by atoms with van der Waals surface area (Å²) in [5.41, 5.74) is -0.949. The summed E-state index contributed by atoms with van der Waals surface area (Å²) in [6, 6.07) is 0.00463. The molecule has 0 radical (unpaired) electrons. The summed E-state index contributed by atoms with van der Waals surface area (Å²) < 4.78 is 0. The number of rotatable bonds is 4. The van der Waals surface area contributed by atoms with Gasteiger partial charge < -0.3 is 10.2 Å². The molecule has 1 aliphatic carbocycles. The highest BCUT2D eigenvalue weighted by Gasteiger charge is 2.34. The van der Waals surface area contributed by atoms with E-state index < -0.39 is 17.4 Å². The molecule has 0 heterocycles. The summed E-state index contributed by atoms with van der Waals surface area (Å²) in [6.45, 7) is 5.24. The van der Waals surface area contributed by atoms with E-state index in [1.165, 1.54) is 25.2 Å². The molecular formula is C13H19NO5. The van der Waals surface area contributed by atoms with Crippen molar-refractivity contribution < 1.29 is 19.8 Å². The van der Waals surface area contributed by atoms with Gasteiger partial charge in [-0.05, 0) is 26.7 Å². The maximum Gasteiger partial charge on any atom is 0.331 e. The van der Waals surface area contributed by atoms with Crippen LogP contribution in [0.2, 0.25) is 0 Å². The number of aliphatic carboxylic acids is 2. The molecule has 2 unspecified atom stereocenters. The Morgan fingerprint density at radius 3 is 2.37 bits per heavy atom. The number of hydrogen-bond acceptors (Lipinski definition) is 4. The normalized spacial score (nSPS) is 22.6. The van der Waals surface area contributed by atoms with E-state index in [2.05, 4.69) is 5.18 Å². The van der Waals surface area contributed by atoms with Crippen molar-refractivity contribution in [3.05, 3.63) is 28.7 Å². The van der Waals surface area contributed by atoms with Crippen LogP contribution < -0.4 is 0 Å². The first kappa shape index (κ1) is 17.0. The van der Waals surface area contributed by atoms with E-state index in [-0.39, 0.29) is 18.0 Å². The minimum absolute atomic E-state index is 0.00463. The van der Waals surface area contributed by atoms with Crippen molar-refractivity contribution >= 4 is 11.9 Å². The second-order valence-corrected chi connectivity index (χ2v) is 4.62. The molecule has 19 heavy (non-hydrogen) atoms. The van der Waals surface area contributed by atoms with Gasteiger partial charge in [-0.2, -0.15) is 4.91 Å². The zero-order valence-corrected chi connectivity index (χ0v) is 11.3. The number of carbonyl (C=O) groups is 2. The number of carboxylic acids is 2. The Labute approximate surface area is 111 Å². The molecule has 0 spiro atoms. The first-order valence-corrected chi connectivity index (χ1v) is 5.94. The lowest BCUT2D eigenvalue weighted by atomic mass is 9.80. The average Bonchev–Trinajstić information content (AvgIpc) is 2.38. The van der Waals surface area contributed by atoms with Crippen LogP contribution in [-0.2, 0) is 9.59 Å². The molecule has 0 aromatic carbocycles. The molecule has 0 aromatic heterocycles. The summed E-state index contributed by atoms with van der Waals surface area (Å²) >= 11 is 0. The first-order chi connectivity index (χ1) is 8.76. The number of allylic oxidation sites excluding steroid dienone is 2. The van der Waals surface area contributed by atoms with Crippen LogP contribution in [0.1, 0.15) is 33.6 Å². The highest BCUT2D eigenvalue weighted by atomic mass is 16.4. The fraction of sp³-hybridized carbons (Fsp3) is 0.538. The predicted molar refractivity (Wildman–Crippen MR) is 70.8 cm³/mol. The Balaban J connectivity index is 0.000000459. The van der Waals surface area contributed by atoms with Gasteiger partial charge in [0.15, 0.2) is 0 Å². The summed E-state index contributed by atoms with van der Waals surface area (Å²) in [5.74, 6) is -2.06. The summed E-state index contributed by atoms with van der Waals surface area (Å²) in [4.78, 5) is 30.8. The van der Waals surface area contributed by atoms with Crippen molar-refractivity contribution in [2.24, 2.45) is 10.6 Å². The highest BCUT2D eigenvalue weighted by Crippen LogP contribution is 2.31.